The molecule has 2 N–H and O–H groups in total. The monoisotopic (exact) mass is 476 g/mol. The van der Waals surface area contributed by atoms with Gasteiger partial charge in [0.05, 0.1) is 24.8 Å². The average Bonchev–Trinajstić information content (AvgIpc) is 3.52. The van der Waals surface area contributed by atoms with Gasteiger partial charge in [0.1, 0.15) is 5.00 Å². The molecule has 8 nitrogen and oxygen atoms in total. The van der Waals surface area contributed by atoms with Crippen molar-refractivity contribution in [1.82, 2.24) is 15.1 Å². The maximum atomic E-state index is 12.9. The molecule has 0 aromatic carbocycles. The van der Waals surface area contributed by atoms with E-state index in [9.17, 15) is 14.4 Å². The topological polar surface area (TPSA) is 91.0 Å². The number of thiophene rings is 1. The van der Waals surface area contributed by atoms with Crippen molar-refractivity contribution in [3.63, 3.8) is 0 Å². The van der Waals surface area contributed by atoms with Crippen LogP contribution in [0.1, 0.15) is 60.8 Å². The van der Waals surface area contributed by atoms with Gasteiger partial charge in [0.15, 0.2) is 0 Å². The standard InChI is InChI=1S/C24H36N4O4S/c1-4-32-24(31)21-18-8-5-15(2)13-19(18)33-23(21)26-20(29)14-27-9-11-28(12-10-27)16(3)22(30)25-17-6-7-17/h15-17H,4-14H2,1-3H3,(H,25,30)(H,26,29). The summed E-state index contributed by atoms with van der Waals surface area (Å²) < 4.78 is 5.30. The van der Waals surface area contributed by atoms with Gasteiger partial charge >= 0.3 is 5.97 Å². The Morgan fingerprint density at radius 2 is 1.88 bits per heavy atom. The summed E-state index contributed by atoms with van der Waals surface area (Å²) in [4.78, 5) is 43.3. The first kappa shape index (κ1) is 24.2. The highest BCUT2D eigenvalue weighted by Crippen LogP contribution is 2.40. The average molecular weight is 477 g/mol. The first-order valence-electron chi connectivity index (χ1n) is 12.2. The van der Waals surface area contributed by atoms with Crippen molar-refractivity contribution in [2.45, 2.75) is 65.0 Å². The number of esters is 1. The molecule has 1 aliphatic heterocycles. The summed E-state index contributed by atoms with van der Waals surface area (Å²) >= 11 is 1.52. The van der Waals surface area contributed by atoms with Crippen molar-refractivity contribution in [3.05, 3.63) is 16.0 Å². The summed E-state index contributed by atoms with van der Waals surface area (Å²) in [5, 5.41) is 6.71. The van der Waals surface area contributed by atoms with Crippen LogP contribution in [0.15, 0.2) is 0 Å². The van der Waals surface area contributed by atoms with E-state index < -0.39 is 0 Å². The molecule has 1 saturated heterocycles. The molecule has 3 aliphatic rings. The normalized spacial score (nSPS) is 22.3. The zero-order valence-corrected chi connectivity index (χ0v) is 20.8. The molecule has 0 spiro atoms. The van der Waals surface area contributed by atoms with Crippen molar-refractivity contribution in [2.24, 2.45) is 5.92 Å². The second-order valence-electron chi connectivity index (χ2n) is 9.60. The summed E-state index contributed by atoms with van der Waals surface area (Å²) in [7, 11) is 0. The van der Waals surface area contributed by atoms with E-state index in [1.54, 1.807) is 6.92 Å². The van der Waals surface area contributed by atoms with E-state index in [4.69, 9.17) is 4.74 Å². The van der Waals surface area contributed by atoms with Crippen molar-refractivity contribution in [2.75, 3.05) is 44.6 Å². The Kier molecular flexibility index (Phi) is 7.71. The quantitative estimate of drug-likeness (QED) is 0.560. The van der Waals surface area contributed by atoms with E-state index in [1.165, 1.54) is 16.2 Å². The fourth-order valence-electron chi connectivity index (χ4n) is 4.65. The van der Waals surface area contributed by atoms with Crippen LogP contribution < -0.4 is 10.6 Å². The molecule has 1 saturated carbocycles. The van der Waals surface area contributed by atoms with E-state index in [0.717, 1.165) is 63.8 Å². The summed E-state index contributed by atoms with van der Waals surface area (Å²) in [6, 6.07) is 0.226. The van der Waals surface area contributed by atoms with Gasteiger partial charge in [-0.15, -0.1) is 11.3 Å². The molecule has 2 fully saturated rings. The number of anilines is 1. The highest BCUT2D eigenvalue weighted by atomic mass is 32.1. The molecule has 2 aliphatic carbocycles. The largest absolute Gasteiger partial charge is 0.462 e. The molecule has 1 aromatic heterocycles. The molecule has 2 heterocycles. The number of piperazine rings is 1. The summed E-state index contributed by atoms with van der Waals surface area (Å²) in [6.07, 6.45) is 5.02. The maximum absolute atomic E-state index is 12.9. The van der Waals surface area contributed by atoms with Gasteiger partial charge in [-0.1, -0.05) is 6.92 Å². The van der Waals surface area contributed by atoms with Crippen LogP contribution in [-0.4, -0.2) is 79.0 Å². The lowest BCUT2D eigenvalue weighted by Gasteiger charge is -2.37. The van der Waals surface area contributed by atoms with Crippen molar-refractivity contribution in [3.8, 4) is 0 Å². The fourth-order valence-corrected chi connectivity index (χ4v) is 6.07. The van der Waals surface area contributed by atoms with Gasteiger partial charge in [0.25, 0.3) is 0 Å². The lowest BCUT2D eigenvalue weighted by atomic mass is 9.88. The van der Waals surface area contributed by atoms with E-state index in [2.05, 4.69) is 27.4 Å². The third-order valence-electron chi connectivity index (χ3n) is 6.87. The van der Waals surface area contributed by atoms with Crippen LogP contribution in [0, 0.1) is 5.92 Å². The molecule has 0 bridgehead atoms. The summed E-state index contributed by atoms with van der Waals surface area (Å²) in [6.45, 7) is 9.55. The minimum absolute atomic E-state index is 0.103. The molecule has 2 unspecified atom stereocenters. The lowest BCUT2D eigenvalue weighted by Crippen LogP contribution is -2.55. The number of fused-ring (bicyclic) bond motifs is 1. The lowest BCUT2D eigenvalue weighted by molar-refractivity contribution is -0.127. The van der Waals surface area contributed by atoms with E-state index >= 15 is 0 Å². The number of hydrogen-bond donors (Lipinski definition) is 2. The Balaban J connectivity index is 1.32. The molecule has 1 aromatic rings. The van der Waals surface area contributed by atoms with Gasteiger partial charge < -0.3 is 15.4 Å². The molecule has 2 atom stereocenters. The first-order chi connectivity index (χ1) is 15.9. The van der Waals surface area contributed by atoms with Gasteiger partial charge in [-0.05, 0) is 57.4 Å². The highest BCUT2D eigenvalue weighted by Gasteiger charge is 2.32. The molecular weight excluding hydrogens is 440 g/mol. The van der Waals surface area contributed by atoms with Crippen LogP contribution in [0.2, 0.25) is 0 Å². The smallest absolute Gasteiger partial charge is 0.341 e. The zero-order chi connectivity index (χ0) is 23.5. The SMILES string of the molecule is CCOC(=O)c1c(NC(=O)CN2CCN(C(C)C(=O)NC3CC3)CC2)sc2c1CCC(C)C2. The molecule has 0 radical (unpaired) electrons. The van der Waals surface area contributed by atoms with Crippen LogP contribution in [0.3, 0.4) is 0 Å². The Hall–Kier alpha value is -1.97. The van der Waals surface area contributed by atoms with Gasteiger partial charge in [-0.2, -0.15) is 0 Å². The second kappa shape index (κ2) is 10.5. The molecule has 33 heavy (non-hydrogen) atoms. The Morgan fingerprint density at radius 3 is 2.55 bits per heavy atom. The number of ether oxygens (including phenoxy) is 1. The van der Waals surface area contributed by atoms with Crippen LogP contribution in [0.4, 0.5) is 5.00 Å². The summed E-state index contributed by atoms with van der Waals surface area (Å²) in [5.41, 5.74) is 1.61. The van der Waals surface area contributed by atoms with Gasteiger partial charge in [0.2, 0.25) is 11.8 Å². The fraction of sp³-hybridized carbons (Fsp3) is 0.708. The number of hydrogen-bond acceptors (Lipinski definition) is 7. The predicted octanol–water partition coefficient (Wildman–Crippen LogP) is 2.27. The minimum Gasteiger partial charge on any atom is -0.462 e. The van der Waals surface area contributed by atoms with Crippen LogP contribution in [-0.2, 0) is 27.2 Å². The number of carbonyl (C=O) groups is 3. The number of nitrogens with one attached hydrogen (secondary N) is 2. The molecule has 9 heteroatoms. The van der Waals surface area contributed by atoms with Gasteiger partial charge in [0, 0.05) is 37.1 Å². The van der Waals surface area contributed by atoms with Gasteiger partial charge in [-0.25, -0.2) is 4.79 Å². The Labute approximate surface area is 200 Å². The van der Waals surface area contributed by atoms with Crippen LogP contribution in [0.25, 0.3) is 0 Å². The highest BCUT2D eigenvalue weighted by molar-refractivity contribution is 7.17. The second-order valence-corrected chi connectivity index (χ2v) is 10.7. The minimum atomic E-state index is -0.341. The third-order valence-corrected chi connectivity index (χ3v) is 8.04. The number of amides is 2. The first-order valence-corrected chi connectivity index (χ1v) is 13.1. The third kappa shape index (κ3) is 5.94. The number of rotatable bonds is 8. The summed E-state index contributed by atoms with van der Waals surface area (Å²) in [5.74, 6) is 0.234. The van der Waals surface area contributed by atoms with Gasteiger partial charge in [-0.3, -0.25) is 19.4 Å². The van der Waals surface area contributed by atoms with Crippen molar-refractivity contribution < 1.29 is 19.1 Å². The van der Waals surface area contributed by atoms with E-state index in [1.807, 2.05) is 6.92 Å². The molecular formula is C24H36N4O4S. The van der Waals surface area contributed by atoms with Crippen LogP contribution in [0.5, 0.6) is 0 Å². The van der Waals surface area contributed by atoms with Crippen molar-refractivity contribution in [1.29, 1.82) is 0 Å². The number of nitrogens with zero attached hydrogens (tertiary/aromatic N) is 2. The number of carbonyl (C=O) groups excluding carboxylic acids is 3. The predicted molar refractivity (Wildman–Crippen MR) is 129 cm³/mol. The molecule has 2 amide bonds. The maximum Gasteiger partial charge on any atom is 0.341 e. The van der Waals surface area contributed by atoms with E-state index in [-0.39, 0.29) is 30.4 Å². The zero-order valence-electron chi connectivity index (χ0n) is 19.9. The van der Waals surface area contributed by atoms with E-state index in [0.29, 0.717) is 29.1 Å². The molecule has 182 valence electrons. The Bertz CT molecular complexity index is 889. The Morgan fingerprint density at radius 1 is 1.15 bits per heavy atom. The van der Waals surface area contributed by atoms with Crippen LogP contribution >= 0.6 is 11.3 Å². The molecule has 4 rings (SSSR count). The van der Waals surface area contributed by atoms with Crippen molar-refractivity contribution >= 4 is 34.1 Å².